The summed E-state index contributed by atoms with van der Waals surface area (Å²) in [6, 6.07) is 22.2. The van der Waals surface area contributed by atoms with Crippen LogP contribution in [-0.2, 0) is 20.7 Å². The van der Waals surface area contributed by atoms with E-state index < -0.39 is 12.3 Å². The number of amides is 1. The van der Waals surface area contributed by atoms with Crippen LogP contribution in [-0.4, -0.2) is 31.4 Å². The Morgan fingerprint density at radius 2 is 1.60 bits per heavy atom. The molecule has 0 unspecified atom stereocenters. The normalized spacial score (nSPS) is 11.1. The Balaban J connectivity index is 1.77. The van der Waals surface area contributed by atoms with Crippen molar-refractivity contribution in [2.75, 3.05) is 18.1 Å². The first-order valence-electron chi connectivity index (χ1n) is 11.2. The van der Waals surface area contributed by atoms with Crippen LogP contribution in [0.5, 0.6) is 5.75 Å². The van der Waals surface area contributed by atoms with Gasteiger partial charge in [0, 0.05) is 12.1 Å². The molecule has 8 heteroatoms. The largest absolute Gasteiger partial charge is 0.573 e. The fourth-order valence-corrected chi connectivity index (χ4v) is 3.58. The molecule has 1 amide bonds. The Hall–Kier alpha value is -3.81. The molecular formula is C27H26F3NO4. The Bertz CT molecular complexity index is 1120. The fraction of sp³-hybridized carbons (Fsp3) is 0.259. The van der Waals surface area contributed by atoms with Gasteiger partial charge in [-0.05, 0) is 60.7 Å². The van der Waals surface area contributed by atoms with E-state index in [2.05, 4.69) is 4.74 Å². The number of hydrogen-bond acceptors (Lipinski definition) is 4. The molecule has 184 valence electrons. The number of esters is 1. The number of benzene rings is 3. The number of halogens is 3. The molecule has 0 saturated heterocycles. The maximum atomic E-state index is 13.1. The van der Waals surface area contributed by atoms with E-state index >= 15 is 0 Å². The van der Waals surface area contributed by atoms with Gasteiger partial charge in [-0.3, -0.25) is 9.59 Å². The SMILES string of the molecule is CCOC(=O)CN(C(=O)CCCc1ccccc1)c1cccc(-c2ccc(OC(F)(F)F)cc2)c1. The van der Waals surface area contributed by atoms with E-state index in [0.29, 0.717) is 23.2 Å². The van der Waals surface area contributed by atoms with Crippen molar-refractivity contribution in [3.63, 3.8) is 0 Å². The molecule has 0 heterocycles. The predicted octanol–water partition coefficient (Wildman–Crippen LogP) is 6.17. The van der Waals surface area contributed by atoms with Crippen molar-refractivity contribution in [3.05, 3.63) is 84.4 Å². The maximum Gasteiger partial charge on any atom is 0.573 e. The molecule has 35 heavy (non-hydrogen) atoms. The van der Waals surface area contributed by atoms with Gasteiger partial charge in [-0.15, -0.1) is 13.2 Å². The van der Waals surface area contributed by atoms with Crippen LogP contribution in [0.4, 0.5) is 18.9 Å². The molecule has 0 fully saturated rings. The third-order valence-electron chi connectivity index (χ3n) is 5.17. The van der Waals surface area contributed by atoms with Gasteiger partial charge in [-0.2, -0.15) is 0 Å². The first-order chi connectivity index (χ1) is 16.7. The van der Waals surface area contributed by atoms with Crippen LogP contribution in [0, 0.1) is 0 Å². The molecule has 0 atom stereocenters. The van der Waals surface area contributed by atoms with Crippen LogP contribution >= 0.6 is 0 Å². The van der Waals surface area contributed by atoms with Gasteiger partial charge in [0.05, 0.1) is 6.61 Å². The van der Waals surface area contributed by atoms with E-state index in [4.69, 9.17) is 4.74 Å². The van der Waals surface area contributed by atoms with E-state index in [1.54, 1.807) is 31.2 Å². The summed E-state index contributed by atoms with van der Waals surface area (Å²) in [6.45, 7) is 1.65. The highest BCUT2D eigenvalue weighted by atomic mass is 19.4. The second-order valence-corrected chi connectivity index (χ2v) is 7.75. The molecule has 0 aromatic heterocycles. The standard InChI is InChI=1S/C27H26F3NO4/c1-2-34-26(33)19-31(25(32)13-6-10-20-8-4-3-5-9-20)23-12-7-11-22(18-23)21-14-16-24(17-15-21)35-27(28,29)30/h3-5,7-9,11-12,14-18H,2,6,10,13,19H2,1H3. The molecule has 0 bridgehead atoms. The third-order valence-corrected chi connectivity index (χ3v) is 5.17. The van der Waals surface area contributed by atoms with Crippen LogP contribution in [0.15, 0.2) is 78.9 Å². The van der Waals surface area contributed by atoms with Gasteiger partial charge in [0.1, 0.15) is 12.3 Å². The highest BCUT2D eigenvalue weighted by Crippen LogP contribution is 2.29. The molecule has 0 aliphatic carbocycles. The van der Waals surface area contributed by atoms with Crippen LogP contribution in [0.1, 0.15) is 25.3 Å². The van der Waals surface area contributed by atoms with E-state index in [-0.39, 0.29) is 31.2 Å². The maximum absolute atomic E-state index is 13.1. The van der Waals surface area contributed by atoms with Crippen molar-refractivity contribution in [2.24, 2.45) is 0 Å². The van der Waals surface area contributed by atoms with E-state index in [1.807, 2.05) is 30.3 Å². The summed E-state index contributed by atoms with van der Waals surface area (Å²) in [5.74, 6) is -1.07. The van der Waals surface area contributed by atoms with Crippen LogP contribution in [0.2, 0.25) is 0 Å². The number of ether oxygens (including phenoxy) is 2. The third kappa shape index (κ3) is 8.17. The lowest BCUT2D eigenvalue weighted by atomic mass is 10.0. The molecule has 3 aromatic rings. The zero-order valence-corrected chi connectivity index (χ0v) is 19.3. The van der Waals surface area contributed by atoms with Gasteiger partial charge < -0.3 is 14.4 Å². The molecule has 0 aliphatic heterocycles. The van der Waals surface area contributed by atoms with Crippen molar-refractivity contribution in [3.8, 4) is 16.9 Å². The number of nitrogens with zero attached hydrogens (tertiary/aromatic N) is 1. The van der Waals surface area contributed by atoms with Gasteiger partial charge in [0.2, 0.25) is 5.91 Å². The number of carbonyl (C=O) groups excluding carboxylic acids is 2. The first-order valence-corrected chi connectivity index (χ1v) is 11.2. The molecule has 0 saturated carbocycles. The highest BCUT2D eigenvalue weighted by molar-refractivity contribution is 5.98. The minimum atomic E-state index is -4.77. The average Bonchev–Trinajstić information content (AvgIpc) is 2.83. The summed E-state index contributed by atoms with van der Waals surface area (Å²) in [7, 11) is 0. The van der Waals surface area contributed by atoms with Gasteiger partial charge in [0.15, 0.2) is 0 Å². The van der Waals surface area contributed by atoms with Gasteiger partial charge in [0.25, 0.3) is 0 Å². The zero-order chi connectivity index (χ0) is 25.3. The molecule has 0 aliphatic rings. The summed E-state index contributed by atoms with van der Waals surface area (Å²) in [4.78, 5) is 26.7. The Labute approximate surface area is 202 Å². The fourth-order valence-electron chi connectivity index (χ4n) is 3.58. The Kier molecular flexibility index (Phi) is 8.89. The smallest absolute Gasteiger partial charge is 0.465 e. The zero-order valence-electron chi connectivity index (χ0n) is 19.3. The van der Waals surface area contributed by atoms with Gasteiger partial charge in [-0.25, -0.2) is 0 Å². The predicted molar refractivity (Wildman–Crippen MR) is 127 cm³/mol. The summed E-state index contributed by atoms with van der Waals surface area (Å²) in [6.07, 6.45) is -3.19. The van der Waals surface area contributed by atoms with Crippen molar-refractivity contribution in [2.45, 2.75) is 32.5 Å². The van der Waals surface area contributed by atoms with Crippen molar-refractivity contribution in [1.29, 1.82) is 0 Å². The van der Waals surface area contributed by atoms with Crippen molar-refractivity contribution in [1.82, 2.24) is 0 Å². The Morgan fingerprint density at radius 1 is 0.886 bits per heavy atom. The van der Waals surface area contributed by atoms with Crippen LogP contribution < -0.4 is 9.64 Å². The average molecular weight is 486 g/mol. The molecule has 3 aromatic carbocycles. The number of aryl methyl sites for hydroxylation is 1. The van der Waals surface area contributed by atoms with Crippen LogP contribution in [0.25, 0.3) is 11.1 Å². The van der Waals surface area contributed by atoms with E-state index in [0.717, 1.165) is 12.0 Å². The lowest BCUT2D eigenvalue weighted by Gasteiger charge is -2.23. The quantitative estimate of drug-likeness (QED) is 0.322. The Morgan fingerprint density at radius 3 is 2.26 bits per heavy atom. The molecule has 5 nitrogen and oxygen atoms in total. The lowest BCUT2D eigenvalue weighted by molar-refractivity contribution is -0.274. The molecule has 0 radical (unpaired) electrons. The minimum absolute atomic E-state index is 0.196. The molecule has 0 N–H and O–H groups in total. The summed E-state index contributed by atoms with van der Waals surface area (Å²) in [5.41, 5.74) is 2.93. The number of alkyl halides is 3. The van der Waals surface area contributed by atoms with Crippen LogP contribution in [0.3, 0.4) is 0 Å². The van der Waals surface area contributed by atoms with E-state index in [9.17, 15) is 22.8 Å². The summed E-state index contributed by atoms with van der Waals surface area (Å²) >= 11 is 0. The number of anilines is 1. The van der Waals surface area contributed by atoms with Crippen molar-refractivity contribution < 1.29 is 32.2 Å². The first kappa shape index (κ1) is 25.8. The topological polar surface area (TPSA) is 55.8 Å². The lowest BCUT2D eigenvalue weighted by Crippen LogP contribution is -2.36. The number of hydrogen-bond donors (Lipinski definition) is 0. The molecule has 0 spiro atoms. The second-order valence-electron chi connectivity index (χ2n) is 7.75. The molecular weight excluding hydrogens is 459 g/mol. The minimum Gasteiger partial charge on any atom is -0.465 e. The second kappa shape index (κ2) is 12.1. The summed E-state index contributed by atoms with van der Waals surface area (Å²) in [5, 5.41) is 0. The summed E-state index contributed by atoms with van der Waals surface area (Å²) < 4.78 is 46.3. The van der Waals surface area contributed by atoms with Crippen molar-refractivity contribution >= 4 is 17.6 Å². The van der Waals surface area contributed by atoms with Gasteiger partial charge in [-0.1, -0.05) is 54.6 Å². The number of rotatable bonds is 10. The molecule has 3 rings (SSSR count). The van der Waals surface area contributed by atoms with E-state index in [1.165, 1.54) is 29.2 Å². The highest BCUT2D eigenvalue weighted by Gasteiger charge is 2.31. The number of carbonyl (C=O) groups is 2. The monoisotopic (exact) mass is 485 g/mol. The van der Waals surface area contributed by atoms with Gasteiger partial charge >= 0.3 is 12.3 Å².